The smallest absolute Gasteiger partial charge is 0.124 e. The van der Waals surface area contributed by atoms with Crippen LogP contribution in [0.5, 0.6) is 0 Å². The first-order valence-corrected chi connectivity index (χ1v) is 7.65. The fourth-order valence-electron chi connectivity index (χ4n) is 2.50. The lowest BCUT2D eigenvalue weighted by Crippen LogP contribution is -2.56. The Labute approximate surface area is 127 Å². The van der Waals surface area contributed by atoms with Crippen molar-refractivity contribution in [3.05, 3.63) is 34.1 Å². The molecule has 1 aliphatic heterocycles. The van der Waals surface area contributed by atoms with E-state index in [0.717, 1.165) is 18.7 Å². The van der Waals surface area contributed by atoms with Crippen molar-refractivity contribution in [1.29, 1.82) is 0 Å². The number of morpholine rings is 1. The molecule has 112 valence electrons. The molecule has 1 aliphatic rings. The maximum Gasteiger partial charge on any atom is 0.124 e. The Morgan fingerprint density at radius 2 is 2.05 bits per heavy atom. The minimum absolute atomic E-state index is 0.275. The molecule has 3 nitrogen and oxygen atoms in total. The summed E-state index contributed by atoms with van der Waals surface area (Å²) in [5, 5.41) is 10.6. The minimum atomic E-state index is -0.526. The molecule has 0 radical (unpaired) electrons. The lowest BCUT2D eigenvalue weighted by atomic mass is 9.89. The van der Waals surface area contributed by atoms with Crippen LogP contribution in [-0.4, -0.2) is 48.0 Å². The fraction of sp³-hybridized carbons (Fsp3) is 0.600. The Balaban J connectivity index is 2.07. The van der Waals surface area contributed by atoms with Gasteiger partial charge in [0.2, 0.25) is 0 Å². The van der Waals surface area contributed by atoms with Crippen molar-refractivity contribution in [2.24, 2.45) is 0 Å². The molecule has 0 saturated carbocycles. The van der Waals surface area contributed by atoms with Crippen LogP contribution in [0.1, 0.15) is 19.4 Å². The van der Waals surface area contributed by atoms with Crippen molar-refractivity contribution in [2.75, 3.05) is 26.3 Å². The maximum absolute atomic E-state index is 13.1. The summed E-state index contributed by atoms with van der Waals surface area (Å²) in [7, 11) is 0. The second kappa shape index (κ2) is 6.52. The highest BCUT2D eigenvalue weighted by Gasteiger charge is 2.35. The van der Waals surface area contributed by atoms with Gasteiger partial charge in [-0.05, 0) is 31.5 Å². The van der Waals surface area contributed by atoms with Gasteiger partial charge in [-0.3, -0.25) is 4.90 Å². The van der Waals surface area contributed by atoms with Gasteiger partial charge in [-0.15, -0.1) is 0 Å². The van der Waals surface area contributed by atoms with E-state index in [0.29, 0.717) is 24.1 Å². The van der Waals surface area contributed by atoms with Gasteiger partial charge in [0.1, 0.15) is 5.82 Å². The highest BCUT2D eigenvalue weighted by molar-refractivity contribution is 9.10. The Bertz CT molecular complexity index is 461. The Kier molecular flexibility index (Phi) is 5.18. The Morgan fingerprint density at radius 1 is 1.40 bits per heavy atom. The molecule has 0 bridgehead atoms. The Morgan fingerprint density at radius 3 is 2.65 bits per heavy atom. The summed E-state index contributed by atoms with van der Waals surface area (Å²) < 4.78 is 19.2. The quantitative estimate of drug-likeness (QED) is 0.910. The minimum Gasteiger partial charge on any atom is -0.391 e. The fourth-order valence-corrected chi connectivity index (χ4v) is 3.01. The van der Waals surface area contributed by atoms with Crippen molar-refractivity contribution in [3.63, 3.8) is 0 Å². The van der Waals surface area contributed by atoms with Gasteiger partial charge in [-0.25, -0.2) is 4.39 Å². The lowest BCUT2D eigenvalue weighted by Gasteiger charge is -2.43. The van der Waals surface area contributed by atoms with Crippen LogP contribution < -0.4 is 0 Å². The van der Waals surface area contributed by atoms with Crippen LogP contribution in [0, 0.1) is 5.82 Å². The molecule has 0 aliphatic carbocycles. The predicted octanol–water partition coefficient (Wildman–Crippen LogP) is 2.60. The number of hydrogen-bond donors (Lipinski definition) is 1. The summed E-state index contributed by atoms with van der Waals surface area (Å²) in [6.45, 7) is 7.15. The van der Waals surface area contributed by atoms with Crippen molar-refractivity contribution in [1.82, 2.24) is 4.90 Å². The van der Waals surface area contributed by atoms with E-state index >= 15 is 0 Å². The molecule has 0 amide bonds. The first-order valence-electron chi connectivity index (χ1n) is 6.86. The predicted molar refractivity (Wildman–Crippen MR) is 80.3 cm³/mol. The van der Waals surface area contributed by atoms with Gasteiger partial charge in [0.15, 0.2) is 0 Å². The summed E-state index contributed by atoms with van der Waals surface area (Å²) in [6.07, 6.45) is -0.0343. The SMILES string of the molecule is CC(C)(C(O)Cc1ccc(F)cc1Br)N1CCOCC1. The topological polar surface area (TPSA) is 32.7 Å². The number of aliphatic hydroxyl groups is 1. The lowest BCUT2D eigenvalue weighted by molar-refractivity contribution is -0.0612. The van der Waals surface area contributed by atoms with Crippen LogP contribution in [0.25, 0.3) is 0 Å². The molecule has 1 aromatic rings. The van der Waals surface area contributed by atoms with E-state index < -0.39 is 6.10 Å². The standard InChI is InChI=1S/C15H21BrFNO2/c1-15(2,18-5-7-20-8-6-18)14(19)9-11-3-4-12(17)10-13(11)16/h3-4,10,14,19H,5-9H2,1-2H3. The zero-order valence-corrected chi connectivity index (χ0v) is 13.5. The summed E-state index contributed by atoms with van der Waals surface area (Å²) in [4.78, 5) is 2.25. The van der Waals surface area contributed by atoms with Crippen LogP contribution in [0.15, 0.2) is 22.7 Å². The highest BCUT2D eigenvalue weighted by Crippen LogP contribution is 2.26. The molecule has 1 atom stereocenters. The summed E-state index contributed by atoms with van der Waals surface area (Å²) in [5.41, 5.74) is 0.581. The zero-order chi connectivity index (χ0) is 14.8. The zero-order valence-electron chi connectivity index (χ0n) is 11.9. The molecule has 1 saturated heterocycles. The molecule has 20 heavy (non-hydrogen) atoms. The second-order valence-electron chi connectivity index (χ2n) is 5.71. The number of hydrogen-bond acceptors (Lipinski definition) is 3. The van der Waals surface area contributed by atoms with E-state index in [2.05, 4.69) is 20.8 Å². The summed E-state index contributed by atoms with van der Waals surface area (Å²) >= 11 is 3.35. The largest absolute Gasteiger partial charge is 0.391 e. The van der Waals surface area contributed by atoms with E-state index in [1.54, 1.807) is 6.07 Å². The van der Waals surface area contributed by atoms with Crippen molar-refractivity contribution < 1.29 is 14.2 Å². The molecular weight excluding hydrogens is 325 g/mol. The van der Waals surface area contributed by atoms with Crippen LogP contribution in [-0.2, 0) is 11.2 Å². The molecule has 1 unspecified atom stereocenters. The number of aliphatic hydroxyl groups excluding tert-OH is 1. The van der Waals surface area contributed by atoms with Gasteiger partial charge in [0.25, 0.3) is 0 Å². The normalized spacial score (nSPS) is 19.1. The molecular formula is C15H21BrFNO2. The van der Waals surface area contributed by atoms with Crippen LogP contribution in [0.4, 0.5) is 4.39 Å². The number of rotatable bonds is 4. The van der Waals surface area contributed by atoms with Crippen LogP contribution in [0.2, 0.25) is 0 Å². The molecule has 2 rings (SSSR count). The highest BCUT2D eigenvalue weighted by atomic mass is 79.9. The number of ether oxygens (including phenoxy) is 1. The van der Waals surface area contributed by atoms with Crippen LogP contribution >= 0.6 is 15.9 Å². The molecule has 0 spiro atoms. The first-order chi connectivity index (χ1) is 9.41. The Hall–Kier alpha value is -0.490. The first kappa shape index (κ1) is 15.9. The molecule has 1 aromatic carbocycles. The van der Waals surface area contributed by atoms with Gasteiger partial charge in [-0.1, -0.05) is 22.0 Å². The van der Waals surface area contributed by atoms with Gasteiger partial charge < -0.3 is 9.84 Å². The van der Waals surface area contributed by atoms with Crippen molar-refractivity contribution in [2.45, 2.75) is 31.9 Å². The number of benzene rings is 1. The van der Waals surface area contributed by atoms with Gasteiger partial charge in [-0.2, -0.15) is 0 Å². The molecule has 1 N–H and O–H groups in total. The number of halogens is 2. The monoisotopic (exact) mass is 345 g/mol. The van der Waals surface area contributed by atoms with Gasteiger partial charge in [0.05, 0.1) is 19.3 Å². The van der Waals surface area contributed by atoms with E-state index in [1.807, 2.05) is 13.8 Å². The van der Waals surface area contributed by atoms with Crippen LogP contribution in [0.3, 0.4) is 0 Å². The summed E-state index contributed by atoms with van der Waals surface area (Å²) in [6, 6.07) is 4.58. The molecule has 1 fully saturated rings. The average molecular weight is 346 g/mol. The van der Waals surface area contributed by atoms with Gasteiger partial charge in [0, 0.05) is 29.5 Å². The third kappa shape index (κ3) is 3.58. The third-order valence-corrected chi connectivity index (χ3v) is 4.81. The summed E-state index contributed by atoms with van der Waals surface area (Å²) in [5.74, 6) is -0.275. The number of nitrogens with zero attached hydrogens (tertiary/aromatic N) is 1. The molecule has 0 aromatic heterocycles. The second-order valence-corrected chi connectivity index (χ2v) is 6.56. The average Bonchev–Trinajstić information content (AvgIpc) is 2.42. The van der Waals surface area contributed by atoms with Gasteiger partial charge >= 0.3 is 0 Å². The van der Waals surface area contributed by atoms with E-state index in [9.17, 15) is 9.50 Å². The molecule has 5 heteroatoms. The van der Waals surface area contributed by atoms with Crippen molar-refractivity contribution in [3.8, 4) is 0 Å². The third-order valence-electron chi connectivity index (χ3n) is 4.07. The van der Waals surface area contributed by atoms with E-state index in [-0.39, 0.29) is 11.4 Å². The van der Waals surface area contributed by atoms with E-state index in [4.69, 9.17) is 4.74 Å². The maximum atomic E-state index is 13.1. The van der Waals surface area contributed by atoms with Crippen molar-refractivity contribution >= 4 is 15.9 Å². The van der Waals surface area contributed by atoms with E-state index in [1.165, 1.54) is 12.1 Å². The molecule has 1 heterocycles.